The molecule has 0 aromatic heterocycles. The molecule has 0 fully saturated rings. The molecule has 146 valence electrons. The molecule has 0 aliphatic carbocycles. The average Bonchev–Trinajstić information content (AvgIpc) is 2.62. The molecule has 0 atom stereocenters. The summed E-state index contributed by atoms with van der Waals surface area (Å²) in [5.41, 5.74) is 0. The van der Waals surface area contributed by atoms with Gasteiger partial charge in [0.1, 0.15) is 0 Å². The summed E-state index contributed by atoms with van der Waals surface area (Å²) in [6, 6.07) is 0. The number of hydrogen-bond acceptors (Lipinski definition) is 3. The van der Waals surface area contributed by atoms with E-state index in [0.717, 1.165) is 57.8 Å². The average molecular weight is 363 g/mol. The smallest absolute Gasteiger partial charge is 0.341 e. The normalized spacial score (nSPS) is 12.0. The first-order chi connectivity index (χ1) is 12.7. The van der Waals surface area contributed by atoms with Gasteiger partial charge in [-0.15, -0.1) is 0 Å². The second-order valence-corrected chi connectivity index (χ2v) is 6.01. The minimum atomic E-state index is -1.11. The molecular formula is C22H34O4. The molecule has 0 radical (unpaired) electrons. The summed E-state index contributed by atoms with van der Waals surface area (Å²) in [6.07, 6.45) is 26.9. The maximum absolute atomic E-state index is 11.2. The van der Waals surface area contributed by atoms with Crippen molar-refractivity contribution in [3.05, 3.63) is 48.6 Å². The van der Waals surface area contributed by atoms with Gasteiger partial charge in [-0.05, 0) is 44.9 Å². The van der Waals surface area contributed by atoms with Gasteiger partial charge in [-0.3, -0.25) is 4.79 Å². The van der Waals surface area contributed by atoms with Gasteiger partial charge in [0.25, 0.3) is 0 Å². The van der Waals surface area contributed by atoms with Crippen LogP contribution >= 0.6 is 0 Å². The highest BCUT2D eigenvalue weighted by Gasteiger charge is 2.04. The van der Waals surface area contributed by atoms with Crippen molar-refractivity contribution in [3.63, 3.8) is 0 Å². The van der Waals surface area contributed by atoms with Crippen molar-refractivity contribution in [2.24, 2.45) is 0 Å². The number of ether oxygens (including phenoxy) is 1. The van der Waals surface area contributed by atoms with Gasteiger partial charge in [0.15, 0.2) is 6.61 Å². The summed E-state index contributed by atoms with van der Waals surface area (Å²) in [6.45, 7) is 1.60. The van der Waals surface area contributed by atoms with E-state index in [0.29, 0.717) is 6.42 Å². The lowest BCUT2D eigenvalue weighted by molar-refractivity contribution is -0.155. The number of carbonyl (C=O) groups excluding carboxylic acids is 1. The number of carboxylic acids is 1. The Morgan fingerprint density at radius 2 is 1.31 bits per heavy atom. The standard InChI is InChI=1S/C22H34O4/c1-2-3-4-5-6-7-8-9-10-11-12-13-14-15-16-17-18-19-22(25)26-20-21(23)24/h3-4,6-7,9-10,12-13H,2,5,8,11,14-20H2,1H3,(H,23,24)/b4-3-,7-6-,10-9-,13-12-. The van der Waals surface area contributed by atoms with E-state index in [2.05, 4.69) is 60.3 Å². The first-order valence-corrected chi connectivity index (χ1v) is 9.64. The highest BCUT2D eigenvalue weighted by molar-refractivity contribution is 5.75. The van der Waals surface area contributed by atoms with E-state index >= 15 is 0 Å². The molecule has 0 heterocycles. The lowest BCUT2D eigenvalue weighted by Crippen LogP contribution is -2.12. The zero-order valence-corrected chi connectivity index (χ0v) is 16.1. The Bertz CT molecular complexity index is 473. The Morgan fingerprint density at radius 1 is 0.769 bits per heavy atom. The fourth-order valence-corrected chi connectivity index (χ4v) is 2.20. The topological polar surface area (TPSA) is 63.6 Å². The van der Waals surface area contributed by atoms with Crippen molar-refractivity contribution in [3.8, 4) is 0 Å². The molecular weight excluding hydrogens is 328 g/mol. The third kappa shape index (κ3) is 19.9. The van der Waals surface area contributed by atoms with Crippen LogP contribution in [0, 0.1) is 0 Å². The van der Waals surface area contributed by atoms with E-state index in [4.69, 9.17) is 5.11 Å². The molecule has 26 heavy (non-hydrogen) atoms. The SMILES string of the molecule is CC/C=C\C/C=C\C/C=C\C/C=C\CCCCCCC(=O)OCC(=O)O. The van der Waals surface area contributed by atoms with E-state index in [1.54, 1.807) is 0 Å². The number of hydrogen-bond donors (Lipinski definition) is 1. The molecule has 0 unspecified atom stereocenters. The maximum Gasteiger partial charge on any atom is 0.341 e. The number of unbranched alkanes of at least 4 members (excludes halogenated alkanes) is 4. The van der Waals surface area contributed by atoms with Crippen LogP contribution < -0.4 is 0 Å². The first kappa shape index (κ1) is 23.9. The summed E-state index contributed by atoms with van der Waals surface area (Å²) in [4.78, 5) is 21.4. The monoisotopic (exact) mass is 362 g/mol. The highest BCUT2D eigenvalue weighted by Crippen LogP contribution is 2.07. The Hall–Kier alpha value is -2.10. The summed E-state index contributed by atoms with van der Waals surface area (Å²) in [7, 11) is 0. The number of carbonyl (C=O) groups is 2. The van der Waals surface area contributed by atoms with Gasteiger partial charge in [-0.1, -0.05) is 68.4 Å². The molecule has 0 aliphatic rings. The van der Waals surface area contributed by atoms with E-state index in [1.165, 1.54) is 0 Å². The maximum atomic E-state index is 11.2. The Balaban J connectivity index is 3.40. The predicted molar refractivity (Wildman–Crippen MR) is 107 cm³/mol. The van der Waals surface area contributed by atoms with Gasteiger partial charge in [0.2, 0.25) is 0 Å². The van der Waals surface area contributed by atoms with Gasteiger partial charge in [-0.25, -0.2) is 4.79 Å². The summed E-state index contributed by atoms with van der Waals surface area (Å²) in [5, 5.41) is 8.39. The molecule has 0 amide bonds. The summed E-state index contributed by atoms with van der Waals surface area (Å²) in [5.74, 6) is -1.54. The van der Waals surface area contributed by atoms with Crippen LogP contribution in [0.25, 0.3) is 0 Å². The first-order valence-electron chi connectivity index (χ1n) is 9.64. The van der Waals surface area contributed by atoms with Crippen molar-refractivity contribution in [1.82, 2.24) is 0 Å². The quantitative estimate of drug-likeness (QED) is 0.215. The molecule has 1 N–H and O–H groups in total. The minimum Gasteiger partial charge on any atom is -0.479 e. The van der Waals surface area contributed by atoms with Crippen LogP contribution in [0.1, 0.15) is 71.1 Å². The van der Waals surface area contributed by atoms with E-state index in [9.17, 15) is 9.59 Å². The molecule has 0 aromatic rings. The molecule has 0 rings (SSSR count). The second kappa shape index (κ2) is 19.2. The highest BCUT2D eigenvalue weighted by atomic mass is 16.5. The number of aliphatic carboxylic acids is 1. The van der Waals surface area contributed by atoms with Crippen molar-refractivity contribution in [1.29, 1.82) is 0 Å². The van der Waals surface area contributed by atoms with Crippen LogP contribution in [0.2, 0.25) is 0 Å². The largest absolute Gasteiger partial charge is 0.479 e. The predicted octanol–water partition coefficient (Wildman–Crippen LogP) is 5.76. The van der Waals surface area contributed by atoms with Gasteiger partial charge in [0.05, 0.1) is 0 Å². The van der Waals surface area contributed by atoms with Crippen molar-refractivity contribution < 1.29 is 19.4 Å². The van der Waals surface area contributed by atoms with Crippen molar-refractivity contribution in [2.45, 2.75) is 71.1 Å². The molecule has 0 bridgehead atoms. The third-order valence-electron chi connectivity index (χ3n) is 3.58. The summed E-state index contributed by atoms with van der Waals surface area (Å²) >= 11 is 0. The van der Waals surface area contributed by atoms with E-state index in [-0.39, 0.29) is 0 Å². The van der Waals surface area contributed by atoms with Crippen LogP contribution in [0.3, 0.4) is 0 Å². The Morgan fingerprint density at radius 3 is 1.88 bits per heavy atom. The van der Waals surface area contributed by atoms with Crippen LogP contribution in [0.4, 0.5) is 0 Å². The Kier molecular flexibility index (Phi) is 17.7. The molecule has 0 saturated heterocycles. The molecule has 0 saturated carbocycles. The number of esters is 1. The minimum absolute atomic E-state index is 0.303. The van der Waals surface area contributed by atoms with Crippen LogP contribution in [0.5, 0.6) is 0 Å². The van der Waals surface area contributed by atoms with Crippen LogP contribution in [-0.2, 0) is 14.3 Å². The van der Waals surface area contributed by atoms with Gasteiger partial charge >= 0.3 is 11.9 Å². The van der Waals surface area contributed by atoms with Crippen LogP contribution in [-0.4, -0.2) is 23.7 Å². The lowest BCUT2D eigenvalue weighted by atomic mass is 10.1. The molecule has 0 aromatic carbocycles. The molecule has 4 heteroatoms. The van der Waals surface area contributed by atoms with Crippen molar-refractivity contribution >= 4 is 11.9 Å². The fraction of sp³-hybridized carbons (Fsp3) is 0.545. The Labute approximate surface area is 158 Å². The van der Waals surface area contributed by atoms with E-state index in [1.807, 2.05) is 0 Å². The zero-order chi connectivity index (χ0) is 19.3. The van der Waals surface area contributed by atoms with Gasteiger partial charge < -0.3 is 9.84 Å². The van der Waals surface area contributed by atoms with E-state index < -0.39 is 18.5 Å². The number of carboxylic acid groups (broad SMARTS) is 1. The fourth-order valence-electron chi connectivity index (χ4n) is 2.20. The summed E-state index contributed by atoms with van der Waals surface area (Å²) < 4.78 is 4.57. The number of rotatable bonds is 16. The molecule has 4 nitrogen and oxygen atoms in total. The van der Waals surface area contributed by atoms with Crippen LogP contribution in [0.15, 0.2) is 48.6 Å². The molecule has 0 aliphatic heterocycles. The third-order valence-corrected chi connectivity index (χ3v) is 3.58. The lowest BCUT2D eigenvalue weighted by Gasteiger charge is -2.01. The zero-order valence-electron chi connectivity index (χ0n) is 16.1. The number of allylic oxidation sites excluding steroid dienone is 8. The van der Waals surface area contributed by atoms with Gasteiger partial charge in [-0.2, -0.15) is 0 Å². The second-order valence-electron chi connectivity index (χ2n) is 6.01. The molecule has 0 spiro atoms. The van der Waals surface area contributed by atoms with Gasteiger partial charge in [0, 0.05) is 6.42 Å². The van der Waals surface area contributed by atoms with Crippen molar-refractivity contribution in [2.75, 3.05) is 6.61 Å².